The second-order valence-electron chi connectivity index (χ2n) is 3.72. The highest BCUT2D eigenvalue weighted by Crippen LogP contribution is 2.22. The van der Waals surface area contributed by atoms with Crippen molar-refractivity contribution in [3.63, 3.8) is 0 Å². The molecular formula is C12H14N2O2. The number of anilines is 1. The number of aliphatic hydroxyl groups excluding tert-OH is 1. The third-order valence-electron chi connectivity index (χ3n) is 2.72. The van der Waals surface area contributed by atoms with Crippen LogP contribution in [-0.2, 0) is 11.3 Å². The van der Waals surface area contributed by atoms with E-state index in [9.17, 15) is 0 Å². The van der Waals surface area contributed by atoms with E-state index in [1.807, 2.05) is 12.1 Å². The number of nitrogens with zero attached hydrogens (tertiary/aromatic N) is 2. The van der Waals surface area contributed by atoms with Crippen molar-refractivity contribution in [1.29, 1.82) is 5.26 Å². The lowest BCUT2D eigenvalue weighted by atomic mass is 10.1. The van der Waals surface area contributed by atoms with Gasteiger partial charge in [0, 0.05) is 13.1 Å². The molecule has 4 heteroatoms. The number of aliphatic hydroxyl groups is 1. The van der Waals surface area contributed by atoms with Crippen molar-refractivity contribution < 1.29 is 9.84 Å². The average Bonchev–Trinajstić information content (AvgIpc) is 2.39. The van der Waals surface area contributed by atoms with Crippen LogP contribution in [0.1, 0.15) is 11.1 Å². The minimum Gasteiger partial charge on any atom is -0.392 e. The maximum absolute atomic E-state index is 9.08. The molecule has 1 fully saturated rings. The molecule has 1 saturated heterocycles. The smallest absolute Gasteiger partial charge is 0.101 e. The Kier molecular flexibility index (Phi) is 3.40. The summed E-state index contributed by atoms with van der Waals surface area (Å²) in [7, 11) is 0. The van der Waals surface area contributed by atoms with Crippen molar-refractivity contribution in [2.45, 2.75) is 6.61 Å². The SMILES string of the molecule is N#Cc1cc(CO)ccc1N1CCOCC1. The van der Waals surface area contributed by atoms with E-state index < -0.39 is 0 Å². The minimum absolute atomic E-state index is 0.0297. The van der Waals surface area contributed by atoms with Crippen LogP contribution in [0.15, 0.2) is 18.2 Å². The van der Waals surface area contributed by atoms with Gasteiger partial charge < -0.3 is 14.7 Å². The molecule has 0 aromatic heterocycles. The Morgan fingerprint density at radius 1 is 1.38 bits per heavy atom. The molecule has 4 nitrogen and oxygen atoms in total. The summed E-state index contributed by atoms with van der Waals surface area (Å²) in [6, 6.07) is 7.67. The van der Waals surface area contributed by atoms with Gasteiger partial charge in [-0.15, -0.1) is 0 Å². The molecule has 2 rings (SSSR count). The van der Waals surface area contributed by atoms with Gasteiger partial charge in [0.25, 0.3) is 0 Å². The zero-order valence-corrected chi connectivity index (χ0v) is 9.02. The van der Waals surface area contributed by atoms with E-state index in [4.69, 9.17) is 15.1 Å². The zero-order chi connectivity index (χ0) is 11.4. The number of hydrogen-bond acceptors (Lipinski definition) is 4. The fourth-order valence-electron chi connectivity index (χ4n) is 1.85. The van der Waals surface area contributed by atoms with Crippen molar-refractivity contribution in [1.82, 2.24) is 0 Å². The summed E-state index contributed by atoms with van der Waals surface area (Å²) in [5, 5.41) is 18.1. The summed E-state index contributed by atoms with van der Waals surface area (Å²) in [5.74, 6) is 0. The average molecular weight is 218 g/mol. The van der Waals surface area contributed by atoms with E-state index in [2.05, 4.69) is 11.0 Å². The first-order valence-electron chi connectivity index (χ1n) is 5.31. The van der Waals surface area contributed by atoms with Gasteiger partial charge in [-0.25, -0.2) is 0 Å². The Morgan fingerprint density at radius 3 is 2.75 bits per heavy atom. The summed E-state index contributed by atoms with van der Waals surface area (Å²) < 4.78 is 5.28. The number of morpholine rings is 1. The monoisotopic (exact) mass is 218 g/mol. The summed E-state index contributed by atoms with van der Waals surface area (Å²) in [6.07, 6.45) is 0. The Hall–Kier alpha value is -1.57. The summed E-state index contributed by atoms with van der Waals surface area (Å²) in [4.78, 5) is 2.14. The molecule has 1 heterocycles. The van der Waals surface area contributed by atoms with E-state index >= 15 is 0 Å². The summed E-state index contributed by atoms with van der Waals surface area (Å²) in [5.41, 5.74) is 2.32. The van der Waals surface area contributed by atoms with Crippen LogP contribution in [0.25, 0.3) is 0 Å². The first-order chi connectivity index (χ1) is 7.85. The molecule has 84 valence electrons. The molecule has 1 aromatic rings. The summed E-state index contributed by atoms with van der Waals surface area (Å²) >= 11 is 0. The van der Waals surface area contributed by atoms with Crippen LogP contribution in [0.4, 0.5) is 5.69 Å². The van der Waals surface area contributed by atoms with Gasteiger partial charge in [0.05, 0.1) is 31.1 Å². The van der Waals surface area contributed by atoms with Gasteiger partial charge >= 0.3 is 0 Å². The van der Waals surface area contributed by atoms with Gasteiger partial charge in [-0.05, 0) is 17.7 Å². The van der Waals surface area contributed by atoms with Crippen LogP contribution in [0, 0.1) is 11.3 Å². The molecule has 0 amide bonds. The standard InChI is InChI=1S/C12H14N2O2/c13-8-11-7-10(9-15)1-2-12(11)14-3-5-16-6-4-14/h1-2,7,15H,3-6,9H2. The highest BCUT2D eigenvalue weighted by molar-refractivity contribution is 5.60. The molecule has 1 aliphatic rings. The van der Waals surface area contributed by atoms with Gasteiger partial charge in [0.1, 0.15) is 6.07 Å². The van der Waals surface area contributed by atoms with Crippen LogP contribution >= 0.6 is 0 Å². The maximum Gasteiger partial charge on any atom is 0.101 e. The third kappa shape index (κ3) is 2.16. The van der Waals surface area contributed by atoms with E-state index in [1.165, 1.54) is 0 Å². The van der Waals surface area contributed by atoms with Crippen molar-refractivity contribution >= 4 is 5.69 Å². The molecule has 1 aromatic carbocycles. The van der Waals surface area contributed by atoms with Crippen LogP contribution < -0.4 is 4.90 Å². The van der Waals surface area contributed by atoms with E-state index in [0.717, 1.165) is 24.3 Å². The Labute approximate surface area is 94.7 Å². The molecular weight excluding hydrogens is 204 g/mol. The van der Waals surface area contributed by atoms with Gasteiger partial charge in [-0.3, -0.25) is 0 Å². The second-order valence-corrected chi connectivity index (χ2v) is 3.72. The van der Waals surface area contributed by atoms with Crippen LogP contribution in [0.5, 0.6) is 0 Å². The second kappa shape index (κ2) is 4.97. The molecule has 1 N–H and O–H groups in total. The van der Waals surface area contributed by atoms with Crippen LogP contribution in [0.3, 0.4) is 0 Å². The normalized spacial score (nSPS) is 15.9. The van der Waals surface area contributed by atoms with Gasteiger partial charge in [-0.2, -0.15) is 5.26 Å². The molecule has 0 bridgehead atoms. The lowest BCUT2D eigenvalue weighted by Crippen LogP contribution is -2.36. The topological polar surface area (TPSA) is 56.5 Å². The highest BCUT2D eigenvalue weighted by atomic mass is 16.5. The fourth-order valence-corrected chi connectivity index (χ4v) is 1.85. The van der Waals surface area contributed by atoms with Crippen molar-refractivity contribution in [2.75, 3.05) is 31.2 Å². The first-order valence-corrected chi connectivity index (χ1v) is 5.31. The maximum atomic E-state index is 9.08. The Morgan fingerprint density at radius 2 is 2.12 bits per heavy atom. The molecule has 0 saturated carbocycles. The lowest BCUT2D eigenvalue weighted by molar-refractivity contribution is 0.122. The predicted octanol–water partition coefficient (Wildman–Crippen LogP) is 0.887. The lowest BCUT2D eigenvalue weighted by Gasteiger charge is -2.29. The molecule has 0 spiro atoms. The van der Waals surface area contributed by atoms with Crippen LogP contribution in [-0.4, -0.2) is 31.4 Å². The number of hydrogen-bond donors (Lipinski definition) is 1. The van der Waals surface area contributed by atoms with Crippen molar-refractivity contribution in [3.8, 4) is 6.07 Å². The Balaban J connectivity index is 2.29. The van der Waals surface area contributed by atoms with Crippen LogP contribution in [0.2, 0.25) is 0 Å². The minimum atomic E-state index is -0.0297. The molecule has 1 aliphatic heterocycles. The number of nitriles is 1. The van der Waals surface area contributed by atoms with Gasteiger partial charge in [-0.1, -0.05) is 6.07 Å². The Bertz CT molecular complexity index is 406. The zero-order valence-electron chi connectivity index (χ0n) is 9.02. The molecule has 0 aliphatic carbocycles. The molecule has 16 heavy (non-hydrogen) atoms. The summed E-state index contributed by atoms with van der Waals surface area (Å²) in [6.45, 7) is 3.00. The van der Waals surface area contributed by atoms with Crippen molar-refractivity contribution in [2.24, 2.45) is 0 Å². The quantitative estimate of drug-likeness (QED) is 0.800. The highest BCUT2D eigenvalue weighted by Gasteiger charge is 2.14. The van der Waals surface area contributed by atoms with Gasteiger partial charge in [0.2, 0.25) is 0 Å². The third-order valence-corrected chi connectivity index (χ3v) is 2.72. The van der Waals surface area contributed by atoms with Crippen molar-refractivity contribution in [3.05, 3.63) is 29.3 Å². The number of ether oxygens (including phenoxy) is 1. The predicted molar refractivity (Wildman–Crippen MR) is 60.1 cm³/mol. The molecule has 0 unspecified atom stereocenters. The molecule has 0 atom stereocenters. The van der Waals surface area contributed by atoms with Gasteiger partial charge in [0.15, 0.2) is 0 Å². The molecule has 0 radical (unpaired) electrons. The number of benzene rings is 1. The first kappa shape index (κ1) is 10.9. The van der Waals surface area contributed by atoms with E-state index in [0.29, 0.717) is 18.8 Å². The largest absolute Gasteiger partial charge is 0.392 e. The van der Waals surface area contributed by atoms with E-state index in [1.54, 1.807) is 6.07 Å². The van der Waals surface area contributed by atoms with E-state index in [-0.39, 0.29) is 6.61 Å². The number of rotatable bonds is 2. The fraction of sp³-hybridized carbons (Fsp3) is 0.417.